The van der Waals surface area contributed by atoms with Crippen LogP contribution in [0.15, 0.2) is 83.2 Å². The molecule has 1 unspecified atom stereocenters. The third-order valence-corrected chi connectivity index (χ3v) is 5.80. The van der Waals surface area contributed by atoms with Crippen molar-refractivity contribution >= 4 is 17.8 Å². The van der Waals surface area contributed by atoms with Gasteiger partial charge in [-0.2, -0.15) is 0 Å². The van der Waals surface area contributed by atoms with Crippen molar-refractivity contribution in [2.45, 2.75) is 38.8 Å². The number of aryl methyl sites for hydroxylation is 1. The lowest BCUT2D eigenvalue weighted by Gasteiger charge is -2.27. The fraction of sp³-hybridized carbons (Fsp3) is 0.269. The van der Waals surface area contributed by atoms with Gasteiger partial charge in [0.05, 0.1) is 24.2 Å². The summed E-state index contributed by atoms with van der Waals surface area (Å²) in [5.74, 6) is -0.579. The summed E-state index contributed by atoms with van der Waals surface area (Å²) in [7, 11) is 0. The predicted octanol–water partition coefficient (Wildman–Crippen LogP) is 4.67. The second kappa shape index (κ2) is 9.73. The highest BCUT2D eigenvalue weighted by Crippen LogP contribution is 2.38. The van der Waals surface area contributed by atoms with Gasteiger partial charge in [-0.25, -0.2) is 4.98 Å². The first-order chi connectivity index (χ1) is 16.0. The van der Waals surface area contributed by atoms with Gasteiger partial charge in [0.2, 0.25) is 0 Å². The van der Waals surface area contributed by atoms with Crippen LogP contribution in [0.5, 0.6) is 0 Å². The number of nitrogens with zero attached hydrogens (tertiary/aromatic N) is 3. The number of amides is 1. The zero-order valence-corrected chi connectivity index (χ0v) is 18.7. The molecule has 0 fully saturated rings. The fourth-order valence-electron chi connectivity index (χ4n) is 4.02. The third-order valence-electron chi connectivity index (χ3n) is 5.80. The van der Waals surface area contributed by atoms with Gasteiger partial charge in [-0.3, -0.25) is 9.59 Å². The smallest absolute Gasteiger partial charge is 0.290 e. The van der Waals surface area contributed by atoms with E-state index >= 15 is 0 Å². The van der Waals surface area contributed by atoms with Crippen molar-refractivity contribution in [1.82, 2.24) is 14.5 Å². The Bertz CT molecular complexity index is 1160. The molecule has 0 saturated carbocycles. The molecule has 0 bridgehead atoms. The molecule has 0 radical (unpaired) electrons. The summed E-state index contributed by atoms with van der Waals surface area (Å²) in [6, 6.07) is 10.7. The maximum Gasteiger partial charge on any atom is 0.290 e. The van der Waals surface area contributed by atoms with Crippen LogP contribution in [0.4, 0.5) is 0 Å². The maximum absolute atomic E-state index is 13.1. The van der Waals surface area contributed by atoms with Gasteiger partial charge in [-0.1, -0.05) is 38.1 Å². The molecule has 1 N–H and O–H groups in total. The number of ketones is 1. The summed E-state index contributed by atoms with van der Waals surface area (Å²) < 4.78 is 7.18. The van der Waals surface area contributed by atoms with E-state index in [1.807, 2.05) is 35.0 Å². The summed E-state index contributed by atoms with van der Waals surface area (Å²) in [6.07, 6.45) is 10.3. The quantitative estimate of drug-likeness (QED) is 0.484. The van der Waals surface area contributed by atoms with E-state index in [1.54, 1.807) is 29.6 Å². The van der Waals surface area contributed by atoms with Crippen LogP contribution in [0.25, 0.3) is 6.08 Å². The van der Waals surface area contributed by atoms with Crippen molar-refractivity contribution in [1.29, 1.82) is 0 Å². The summed E-state index contributed by atoms with van der Waals surface area (Å²) in [5.41, 5.74) is 2.03. The first-order valence-electron chi connectivity index (χ1n) is 11.0. The second-order valence-corrected chi connectivity index (χ2v) is 8.35. The second-order valence-electron chi connectivity index (χ2n) is 8.35. The van der Waals surface area contributed by atoms with E-state index < -0.39 is 23.5 Å². The van der Waals surface area contributed by atoms with Crippen LogP contribution in [0, 0.1) is 0 Å². The Labute approximate surface area is 192 Å². The third kappa shape index (κ3) is 4.82. The molecule has 7 nitrogen and oxygen atoms in total. The lowest BCUT2D eigenvalue weighted by Crippen LogP contribution is -2.32. The minimum atomic E-state index is -0.657. The van der Waals surface area contributed by atoms with Gasteiger partial charge in [0.25, 0.3) is 5.91 Å². The number of imidazole rings is 1. The van der Waals surface area contributed by atoms with Gasteiger partial charge < -0.3 is 19.0 Å². The molecule has 170 valence electrons. The number of aliphatic hydroxyl groups excluding tert-OH is 1. The van der Waals surface area contributed by atoms with Crippen LogP contribution < -0.4 is 0 Å². The number of aliphatic hydroxyl groups is 1. The predicted molar refractivity (Wildman–Crippen MR) is 124 cm³/mol. The normalized spacial score (nSPS) is 16.5. The van der Waals surface area contributed by atoms with Gasteiger partial charge in [0, 0.05) is 25.5 Å². The first-order valence-corrected chi connectivity index (χ1v) is 11.0. The zero-order valence-electron chi connectivity index (χ0n) is 18.7. The van der Waals surface area contributed by atoms with Crippen LogP contribution in [-0.4, -0.2) is 37.8 Å². The van der Waals surface area contributed by atoms with Crippen molar-refractivity contribution in [3.05, 3.63) is 95.7 Å². The largest absolute Gasteiger partial charge is 0.503 e. The summed E-state index contributed by atoms with van der Waals surface area (Å²) >= 11 is 0. The van der Waals surface area contributed by atoms with E-state index in [9.17, 15) is 14.7 Å². The van der Waals surface area contributed by atoms with Crippen molar-refractivity contribution in [2.24, 2.45) is 0 Å². The van der Waals surface area contributed by atoms with Crippen LogP contribution in [0.3, 0.4) is 0 Å². The topological polar surface area (TPSA) is 88.6 Å². The van der Waals surface area contributed by atoms with Gasteiger partial charge in [0.1, 0.15) is 5.76 Å². The van der Waals surface area contributed by atoms with E-state index in [-0.39, 0.29) is 5.57 Å². The molecule has 7 heteroatoms. The Balaban J connectivity index is 1.63. The molecule has 1 aromatic carbocycles. The number of allylic oxidation sites excluding steroid dienone is 1. The number of furan rings is 1. The Morgan fingerprint density at radius 3 is 2.64 bits per heavy atom. The van der Waals surface area contributed by atoms with E-state index in [1.165, 1.54) is 18.4 Å². The number of hydrogen-bond acceptors (Lipinski definition) is 5. The molecule has 0 aliphatic carbocycles. The molecule has 3 heterocycles. The number of benzene rings is 1. The molecule has 33 heavy (non-hydrogen) atoms. The van der Waals surface area contributed by atoms with Crippen molar-refractivity contribution in [3.63, 3.8) is 0 Å². The summed E-state index contributed by atoms with van der Waals surface area (Å²) in [4.78, 5) is 31.7. The molecular weight excluding hydrogens is 418 g/mol. The van der Waals surface area contributed by atoms with Gasteiger partial charge in [0.15, 0.2) is 11.5 Å². The molecule has 1 aliphatic rings. The van der Waals surface area contributed by atoms with Gasteiger partial charge in [-0.15, -0.1) is 0 Å². The number of carbonyl (C=O) groups is 2. The van der Waals surface area contributed by atoms with Crippen LogP contribution in [-0.2, 0) is 16.1 Å². The fourth-order valence-corrected chi connectivity index (χ4v) is 4.02. The molecule has 0 spiro atoms. The highest BCUT2D eigenvalue weighted by atomic mass is 16.3. The Morgan fingerprint density at radius 1 is 1.21 bits per heavy atom. The first kappa shape index (κ1) is 22.3. The highest BCUT2D eigenvalue weighted by Gasteiger charge is 2.42. The van der Waals surface area contributed by atoms with Crippen molar-refractivity contribution < 1.29 is 19.1 Å². The standard InChI is InChI=1S/C26H27N3O4/c1-18(2)19-6-8-20(9-7-19)24-23(22(30)11-10-21-5-3-16-33-21)25(31)26(32)29(24)14-4-13-28-15-12-27-17-28/h3,5-12,15-18,24,31H,4,13-14H2,1-2H3/b11-10+. The molecular formula is C26H27N3O4. The van der Waals surface area contributed by atoms with Crippen LogP contribution >= 0.6 is 0 Å². The van der Waals surface area contributed by atoms with E-state index in [2.05, 4.69) is 18.8 Å². The Morgan fingerprint density at radius 2 is 2.00 bits per heavy atom. The van der Waals surface area contributed by atoms with E-state index in [0.29, 0.717) is 31.2 Å². The lowest BCUT2D eigenvalue weighted by molar-refractivity contribution is -0.129. The number of hydrogen-bond donors (Lipinski definition) is 1. The van der Waals surface area contributed by atoms with Gasteiger partial charge in [-0.05, 0) is 47.8 Å². The highest BCUT2D eigenvalue weighted by molar-refractivity contribution is 6.14. The molecule has 1 aliphatic heterocycles. The van der Waals surface area contributed by atoms with Crippen LogP contribution in [0.2, 0.25) is 0 Å². The zero-order chi connectivity index (χ0) is 23.4. The average molecular weight is 446 g/mol. The number of aromatic nitrogens is 2. The molecule has 1 amide bonds. The maximum atomic E-state index is 13.1. The monoisotopic (exact) mass is 445 g/mol. The Kier molecular flexibility index (Phi) is 6.58. The molecule has 1 atom stereocenters. The SMILES string of the molecule is CC(C)c1ccc(C2C(C(=O)/C=C/c3ccco3)=C(O)C(=O)N2CCCn2ccnc2)cc1. The average Bonchev–Trinajstić information content (AvgIpc) is 3.56. The van der Waals surface area contributed by atoms with Crippen molar-refractivity contribution in [2.75, 3.05) is 6.54 Å². The molecule has 4 rings (SSSR count). The molecule has 2 aromatic heterocycles. The minimum Gasteiger partial charge on any atom is -0.503 e. The summed E-state index contributed by atoms with van der Waals surface area (Å²) in [6.45, 7) is 5.27. The molecule has 0 saturated heterocycles. The lowest BCUT2D eigenvalue weighted by atomic mass is 9.93. The van der Waals surface area contributed by atoms with E-state index in [4.69, 9.17) is 4.42 Å². The van der Waals surface area contributed by atoms with Crippen molar-refractivity contribution in [3.8, 4) is 0 Å². The van der Waals surface area contributed by atoms with Crippen LogP contribution in [0.1, 0.15) is 49.1 Å². The Hall–Kier alpha value is -3.87. The molecule has 3 aromatic rings. The van der Waals surface area contributed by atoms with E-state index in [0.717, 1.165) is 11.1 Å². The number of carbonyl (C=O) groups excluding carboxylic acids is 2. The van der Waals surface area contributed by atoms with Gasteiger partial charge >= 0.3 is 0 Å². The minimum absolute atomic E-state index is 0.0859. The number of rotatable bonds is 9. The summed E-state index contributed by atoms with van der Waals surface area (Å²) in [5, 5.41) is 10.7.